The van der Waals surface area contributed by atoms with E-state index in [4.69, 9.17) is 23.7 Å². The van der Waals surface area contributed by atoms with E-state index in [1.54, 1.807) is 0 Å². The van der Waals surface area contributed by atoms with Gasteiger partial charge in [0.25, 0.3) is 0 Å². The number of carbonyl (C=O) groups excluding carboxylic acids is 3. The van der Waals surface area contributed by atoms with Crippen molar-refractivity contribution >= 4 is 23.9 Å². The van der Waals surface area contributed by atoms with Gasteiger partial charge < -0.3 is 39.0 Å². The van der Waals surface area contributed by atoms with E-state index in [0.717, 1.165) is 122 Å². The summed E-state index contributed by atoms with van der Waals surface area (Å²) < 4.78 is 28.3. The Kier molecular flexibility index (Phi) is 46.6. The first-order valence-electron chi connectivity index (χ1n) is 29.6. The van der Waals surface area contributed by atoms with Gasteiger partial charge in [0.1, 0.15) is 18.8 Å². The Morgan fingerprint density at radius 3 is 1.31 bits per heavy atom. The van der Waals surface area contributed by atoms with Crippen LogP contribution in [0.4, 0.5) is 0 Å². The van der Waals surface area contributed by atoms with Crippen LogP contribution in [0.3, 0.4) is 0 Å². The lowest BCUT2D eigenvalue weighted by Crippen LogP contribution is -2.61. The van der Waals surface area contributed by atoms with E-state index in [9.17, 15) is 34.5 Å². The number of allylic oxidation sites excluding steroid dienone is 14. The van der Waals surface area contributed by atoms with Gasteiger partial charge in [-0.05, 0) is 96.3 Å². The zero-order valence-electron chi connectivity index (χ0n) is 47.0. The lowest BCUT2D eigenvalue weighted by atomic mass is 9.98. The fourth-order valence-electron chi connectivity index (χ4n) is 8.42. The van der Waals surface area contributed by atoms with Crippen LogP contribution in [0.2, 0.25) is 0 Å². The monoisotopic (exact) mass is 1050 g/mol. The fourth-order valence-corrected chi connectivity index (χ4v) is 8.42. The number of carboxylic acid groups (broad SMARTS) is 1. The van der Waals surface area contributed by atoms with E-state index in [1.165, 1.54) is 57.8 Å². The number of unbranched alkanes of at least 4 members (excludes halogenated alkanes) is 21. The molecule has 75 heavy (non-hydrogen) atoms. The lowest BCUT2D eigenvalue weighted by molar-refractivity contribution is -0.301. The van der Waals surface area contributed by atoms with Crippen molar-refractivity contribution in [2.45, 2.75) is 276 Å². The molecule has 6 unspecified atom stereocenters. The maximum atomic E-state index is 13.1. The highest BCUT2D eigenvalue weighted by molar-refractivity contribution is 5.74. The van der Waals surface area contributed by atoms with Crippen molar-refractivity contribution in [3.8, 4) is 0 Å². The van der Waals surface area contributed by atoms with Crippen molar-refractivity contribution in [1.29, 1.82) is 0 Å². The normalized spacial score (nSPS) is 18.8. The number of aliphatic hydroxyl groups is 2. The predicted octanol–water partition coefficient (Wildman–Crippen LogP) is 15.1. The van der Waals surface area contributed by atoms with E-state index < -0.39 is 67.3 Å². The number of rotatable bonds is 49. The van der Waals surface area contributed by atoms with Gasteiger partial charge >= 0.3 is 23.9 Å². The topological polar surface area (TPSA) is 175 Å². The predicted molar refractivity (Wildman–Crippen MR) is 303 cm³/mol. The fraction of sp³-hybridized carbons (Fsp3) is 0.714. The molecule has 0 radical (unpaired) electrons. The summed E-state index contributed by atoms with van der Waals surface area (Å²) in [5.41, 5.74) is 0. The molecule has 6 atom stereocenters. The number of hydrogen-bond donors (Lipinski definition) is 3. The molecule has 12 heteroatoms. The number of ether oxygens (including phenoxy) is 5. The molecule has 3 N–H and O–H groups in total. The summed E-state index contributed by atoms with van der Waals surface area (Å²) in [6.45, 7) is 5.80. The van der Waals surface area contributed by atoms with Gasteiger partial charge in [-0.3, -0.25) is 14.4 Å². The summed E-state index contributed by atoms with van der Waals surface area (Å²) in [6, 6.07) is 0. The summed E-state index contributed by atoms with van der Waals surface area (Å²) in [6.07, 6.45) is 52.7. The molecule has 1 aliphatic rings. The van der Waals surface area contributed by atoms with Gasteiger partial charge in [-0.25, -0.2) is 4.79 Å². The Balaban J connectivity index is 2.66. The minimum Gasteiger partial charge on any atom is -0.479 e. The van der Waals surface area contributed by atoms with E-state index in [-0.39, 0.29) is 25.9 Å². The average Bonchev–Trinajstić information content (AvgIpc) is 3.39. The molecule has 1 rings (SSSR count). The molecular weight excluding hydrogens is 949 g/mol. The number of aliphatic carboxylic acids is 1. The second-order valence-corrected chi connectivity index (χ2v) is 19.9. The van der Waals surface area contributed by atoms with Crippen molar-refractivity contribution < 1.29 is 58.2 Å². The standard InChI is InChI=1S/C63H104O12/c1-4-7-10-13-16-19-21-23-25-27-28-30-31-33-35-38-40-43-46-49-55(64)71-52-54(73-56(65)50-47-44-41-37-18-15-12-9-6-3)53-72-63-61(59(68)58(67)60(75-63)62(69)70)74-57(66)51-48-45-42-39-36-34-32-29-26-24-22-20-17-14-11-8-5-2/h8,11,16-17,19-20,23-26,28,30,32,34,54,58-61,63,67-68H,4-7,9-10,12-15,18,21-22,27,29,31,33,35-53H2,1-3H3,(H,69,70)/b11-8-,19-16-,20-17-,25-23-,26-24-,30-28-,34-32-. The second-order valence-electron chi connectivity index (χ2n) is 19.9. The third-order valence-electron chi connectivity index (χ3n) is 13.0. The van der Waals surface area contributed by atoms with Crippen LogP contribution in [0.25, 0.3) is 0 Å². The Morgan fingerprint density at radius 2 is 0.840 bits per heavy atom. The lowest BCUT2D eigenvalue weighted by Gasteiger charge is -2.40. The molecule has 12 nitrogen and oxygen atoms in total. The van der Waals surface area contributed by atoms with Crippen LogP contribution in [-0.4, -0.2) is 89.2 Å². The molecule has 0 bridgehead atoms. The SMILES string of the molecule is CC/C=C\C/C=C\C/C=C\C/C=C\CCCCCCC(=O)OC1C(OCC(COC(=O)CCCCCCCC/C=C\C/C=C\C/C=C\CCCCC)OC(=O)CCCCCCCCCCC)OC(C(=O)O)C(O)C1O. The Hall–Kier alpha value is -4.10. The quantitative estimate of drug-likeness (QED) is 0.0228. The first kappa shape index (κ1) is 68.9. The molecule has 0 aromatic carbocycles. The van der Waals surface area contributed by atoms with Crippen LogP contribution in [0, 0.1) is 0 Å². The molecule has 0 spiro atoms. The minimum absolute atomic E-state index is 0.0290. The van der Waals surface area contributed by atoms with Crippen LogP contribution in [0.1, 0.15) is 239 Å². The first-order valence-corrected chi connectivity index (χ1v) is 29.6. The highest BCUT2D eigenvalue weighted by Crippen LogP contribution is 2.26. The summed E-state index contributed by atoms with van der Waals surface area (Å²) in [4.78, 5) is 51.0. The Morgan fingerprint density at radius 1 is 0.453 bits per heavy atom. The van der Waals surface area contributed by atoms with Crippen molar-refractivity contribution in [1.82, 2.24) is 0 Å². The van der Waals surface area contributed by atoms with Crippen LogP contribution in [-0.2, 0) is 42.9 Å². The van der Waals surface area contributed by atoms with Gasteiger partial charge in [-0.2, -0.15) is 0 Å². The van der Waals surface area contributed by atoms with E-state index >= 15 is 0 Å². The molecule has 1 heterocycles. The highest BCUT2D eigenvalue weighted by atomic mass is 16.7. The van der Waals surface area contributed by atoms with Crippen LogP contribution in [0.15, 0.2) is 85.1 Å². The van der Waals surface area contributed by atoms with Crippen molar-refractivity contribution in [2.24, 2.45) is 0 Å². The maximum absolute atomic E-state index is 13.1. The molecule has 0 aliphatic carbocycles. The third kappa shape index (κ3) is 40.8. The van der Waals surface area contributed by atoms with Crippen molar-refractivity contribution in [3.05, 3.63) is 85.1 Å². The first-order chi connectivity index (χ1) is 36.6. The number of aliphatic hydroxyl groups excluding tert-OH is 2. The number of carboxylic acids is 1. The number of esters is 3. The molecular formula is C63H104O12. The van der Waals surface area contributed by atoms with Crippen molar-refractivity contribution in [2.75, 3.05) is 13.2 Å². The van der Waals surface area contributed by atoms with Gasteiger partial charge in [0.05, 0.1) is 6.61 Å². The Bertz CT molecular complexity index is 1630. The molecule has 1 aliphatic heterocycles. The van der Waals surface area contributed by atoms with Gasteiger partial charge in [-0.15, -0.1) is 0 Å². The molecule has 0 aromatic rings. The third-order valence-corrected chi connectivity index (χ3v) is 13.0. The van der Waals surface area contributed by atoms with Gasteiger partial charge in [0.15, 0.2) is 24.6 Å². The zero-order chi connectivity index (χ0) is 54.7. The van der Waals surface area contributed by atoms with E-state index in [0.29, 0.717) is 19.3 Å². The molecule has 1 fully saturated rings. The number of hydrogen-bond acceptors (Lipinski definition) is 11. The maximum Gasteiger partial charge on any atom is 0.335 e. The molecule has 428 valence electrons. The van der Waals surface area contributed by atoms with E-state index in [2.05, 4.69) is 106 Å². The summed E-state index contributed by atoms with van der Waals surface area (Å²) >= 11 is 0. The molecule has 0 aromatic heterocycles. The van der Waals surface area contributed by atoms with Gasteiger partial charge in [-0.1, -0.05) is 209 Å². The zero-order valence-corrected chi connectivity index (χ0v) is 47.0. The summed E-state index contributed by atoms with van der Waals surface area (Å²) in [5.74, 6) is -3.17. The van der Waals surface area contributed by atoms with Crippen LogP contribution < -0.4 is 0 Å². The molecule has 0 saturated carbocycles. The van der Waals surface area contributed by atoms with Crippen molar-refractivity contribution in [3.63, 3.8) is 0 Å². The molecule has 0 amide bonds. The average molecular weight is 1050 g/mol. The summed E-state index contributed by atoms with van der Waals surface area (Å²) in [7, 11) is 0. The Labute approximate surface area is 454 Å². The molecule has 1 saturated heterocycles. The van der Waals surface area contributed by atoms with Crippen LogP contribution in [0.5, 0.6) is 0 Å². The van der Waals surface area contributed by atoms with Crippen LogP contribution >= 0.6 is 0 Å². The van der Waals surface area contributed by atoms with Gasteiger partial charge in [0, 0.05) is 19.3 Å². The second kappa shape index (κ2) is 50.7. The summed E-state index contributed by atoms with van der Waals surface area (Å²) in [5, 5.41) is 31.4. The van der Waals surface area contributed by atoms with Gasteiger partial charge in [0.2, 0.25) is 0 Å². The van der Waals surface area contributed by atoms with E-state index in [1.807, 2.05) is 0 Å². The minimum atomic E-state index is -1.91. The highest BCUT2D eigenvalue weighted by Gasteiger charge is 2.50. The smallest absolute Gasteiger partial charge is 0.335 e. The largest absolute Gasteiger partial charge is 0.479 e. The number of carbonyl (C=O) groups is 4.